The van der Waals surface area contributed by atoms with Crippen molar-refractivity contribution in [2.24, 2.45) is 0 Å². The predicted octanol–water partition coefficient (Wildman–Crippen LogP) is 2.22. The molecule has 2 aliphatic rings. The first-order chi connectivity index (χ1) is 13.5. The minimum atomic E-state index is -0.550. The Labute approximate surface area is 162 Å². The molecule has 9 nitrogen and oxygen atoms in total. The van der Waals surface area contributed by atoms with Gasteiger partial charge in [0.2, 0.25) is 11.8 Å². The van der Waals surface area contributed by atoms with Crippen LogP contribution in [0.25, 0.3) is 0 Å². The van der Waals surface area contributed by atoms with Crippen LogP contribution < -0.4 is 10.6 Å². The molecule has 3 rings (SSSR count). The van der Waals surface area contributed by atoms with Gasteiger partial charge < -0.3 is 10.6 Å². The maximum absolute atomic E-state index is 12.4. The quantitative estimate of drug-likeness (QED) is 0.420. The molecule has 0 aromatic heterocycles. The molecule has 1 heterocycles. The van der Waals surface area contributed by atoms with Crippen molar-refractivity contribution in [1.82, 2.24) is 10.2 Å². The molecule has 1 aromatic carbocycles. The van der Waals surface area contributed by atoms with Gasteiger partial charge in [-0.3, -0.25) is 29.4 Å². The van der Waals surface area contributed by atoms with E-state index < -0.39 is 4.92 Å². The van der Waals surface area contributed by atoms with Gasteiger partial charge >= 0.3 is 0 Å². The number of imide groups is 1. The second-order valence-corrected chi connectivity index (χ2v) is 7.16. The van der Waals surface area contributed by atoms with Crippen LogP contribution in [-0.2, 0) is 9.59 Å². The van der Waals surface area contributed by atoms with Crippen LogP contribution in [0.5, 0.6) is 0 Å². The van der Waals surface area contributed by atoms with Crippen LogP contribution in [0.15, 0.2) is 18.2 Å². The Kier molecular flexibility index (Phi) is 6.23. The van der Waals surface area contributed by atoms with Crippen molar-refractivity contribution in [2.45, 2.75) is 51.0 Å². The summed E-state index contributed by atoms with van der Waals surface area (Å²) in [6, 6.07) is 4.40. The van der Waals surface area contributed by atoms with Gasteiger partial charge in [0.15, 0.2) is 0 Å². The molecule has 28 heavy (non-hydrogen) atoms. The first-order valence-corrected chi connectivity index (χ1v) is 9.62. The zero-order valence-corrected chi connectivity index (χ0v) is 15.6. The molecule has 0 atom stereocenters. The number of likely N-dealkylation sites (tertiary alicyclic amines) is 1. The third kappa shape index (κ3) is 4.65. The normalized spacial score (nSPS) is 17.6. The molecule has 1 aliphatic carbocycles. The van der Waals surface area contributed by atoms with Gasteiger partial charge in [-0.05, 0) is 25.0 Å². The monoisotopic (exact) mass is 388 g/mol. The van der Waals surface area contributed by atoms with Crippen LogP contribution >= 0.6 is 0 Å². The fraction of sp³-hybridized carbons (Fsp3) is 0.526. The van der Waals surface area contributed by atoms with Crippen molar-refractivity contribution in [3.8, 4) is 0 Å². The topological polar surface area (TPSA) is 122 Å². The lowest BCUT2D eigenvalue weighted by Gasteiger charge is -2.22. The largest absolute Gasteiger partial charge is 0.378 e. The Bertz CT molecular complexity index is 773. The molecule has 1 saturated heterocycles. The molecule has 1 aliphatic heterocycles. The summed E-state index contributed by atoms with van der Waals surface area (Å²) >= 11 is 0. The highest BCUT2D eigenvalue weighted by Crippen LogP contribution is 2.26. The summed E-state index contributed by atoms with van der Waals surface area (Å²) in [4.78, 5) is 47.7. The van der Waals surface area contributed by atoms with Crippen molar-refractivity contribution in [3.05, 3.63) is 33.9 Å². The number of nitro benzene ring substituents is 1. The van der Waals surface area contributed by atoms with Crippen LogP contribution in [0.1, 0.15) is 55.3 Å². The Hall–Kier alpha value is -2.97. The predicted molar refractivity (Wildman–Crippen MR) is 102 cm³/mol. The number of benzene rings is 1. The van der Waals surface area contributed by atoms with Crippen molar-refractivity contribution < 1.29 is 19.3 Å². The number of nitro groups is 1. The summed E-state index contributed by atoms with van der Waals surface area (Å²) in [6.45, 7) is 0.352. The second-order valence-electron chi connectivity index (χ2n) is 7.16. The zero-order valence-electron chi connectivity index (χ0n) is 15.6. The number of anilines is 1. The van der Waals surface area contributed by atoms with Crippen molar-refractivity contribution >= 4 is 29.1 Å². The first-order valence-electron chi connectivity index (χ1n) is 9.62. The zero-order chi connectivity index (χ0) is 20.1. The lowest BCUT2D eigenvalue weighted by Crippen LogP contribution is -2.36. The molecule has 2 N–H and O–H groups in total. The summed E-state index contributed by atoms with van der Waals surface area (Å²) < 4.78 is 0. The van der Waals surface area contributed by atoms with Crippen LogP contribution in [0.4, 0.5) is 11.4 Å². The number of nitrogens with one attached hydrogen (secondary N) is 2. The highest BCUT2D eigenvalue weighted by molar-refractivity contribution is 6.02. The van der Waals surface area contributed by atoms with Crippen LogP contribution in [0, 0.1) is 10.1 Å². The van der Waals surface area contributed by atoms with E-state index in [0.717, 1.165) is 30.6 Å². The average molecular weight is 388 g/mol. The van der Waals surface area contributed by atoms with E-state index in [1.54, 1.807) is 6.07 Å². The van der Waals surface area contributed by atoms with Crippen molar-refractivity contribution in [1.29, 1.82) is 0 Å². The summed E-state index contributed by atoms with van der Waals surface area (Å²) in [5, 5.41) is 17.3. The Morgan fingerprint density at radius 2 is 1.82 bits per heavy atom. The number of nitrogens with zero attached hydrogens (tertiary/aromatic N) is 2. The summed E-state index contributed by atoms with van der Waals surface area (Å²) in [7, 11) is 0. The number of carbonyl (C=O) groups is 3. The standard InChI is InChI=1S/C19H24N4O5/c24-17-8-9-18(25)22(17)11-10-20-15-7-6-13(12-16(15)23(27)28)19(26)21-14-4-2-1-3-5-14/h6-7,12,14,20H,1-5,8-11H2,(H,21,26). The smallest absolute Gasteiger partial charge is 0.293 e. The van der Waals surface area contributed by atoms with Gasteiger partial charge in [0.05, 0.1) is 4.92 Å². The molecule has 0 bridgehead atoms. The molecule has 0 spiro atoms. The molecule has 2 fully saturated rings. The van der Waals surface area contributed by atoms with E-state index >= 15 is 0 Å². The summed E-state index contributed by atoms with van der Waals surface area (Å²) in [5.74, 6) is -0.762. The van der Waals surface area contributed by atoms with Gasteiger partial charge in [0, 0.05) is 43.6 Å². The Morgan fingerprint density at radius 1 is 1.14 bits per heavy atom. The highest BCUT2D eigenvalue weighted by atomic mass is 16.6. The molecule has 9 heteroatoms. The Morgan fingerprint density at radius 3 is 2.46 bits per heavy atom. The van der Waals surface area contributed by atoms with E-state index in [4.69, 9.17) is 0 Å². The molecular formula is C19H24N4O5. The first kappa shape index (κ1) is 19.8. The number of hydrogen-bond acceptors (Lipinski definition) is 6. The maximum atomic E-state index is 12.4. The number of carbonyl (C=O) groups excluding carboxylic acids is 3. The second kappa shape index (κ2) is 8.81. The minimum Gasteiger partial charge on any atom is -0.378 e. The lowest BCUT2D eigenvalue weighted by molar-refractivity contribution is -0.384. The third-order valence-corrected chi connectivity index (χ3v) is 5.20. The van der Waals surface area contributed by atoms with Crippen LogP contribution in [-0.4, -0.2) is 46.7 Å². The van der Waals surface area contributed by atoms with Gasteiger partial charge in [-0.25, -0.2) is 0 Å². The fourth-order valence-electron chi connectivity index (χ4n) is 3.66. The average Bonchev–Trinajstić information content (AvgIpc) is 3.00. The molecule has 0 unspecified atom stereocenters. The molecule has 1 aromatic rings. The molecule has 150 valence electrons. The van der Waals surface area contributed by atoms with E-state index in [9.17, 15) is 24.5 Å². The Balaban J connectivity index is 1.63. The van der Waals surface area contributed by atoms with Gasteiger partial charge in [-0.15, -0.1) is 0 Å². The van der Waals surface area contributed by atoms with Crippen molar-refractivity contribution in [3.63, 3.8) is 0 Å². The van der Waals surface area contributed by atoms with E-state index in [-0.39, 0.29) is 66.6 Å². The number of hydrogen-bond donors (Lipinski definition) is 2. The molecular weight excluding hydrogens is 364 g/mol. The van der Waals surface area contributed by atoms with Gasteiger partial charge in [0.25, 0.3) is 11.6 Å². The van der Waals surface area contributed by atoms with Gasteiger partial charge in [-0.2, -0.15) is 0 Å². The minimum absolute atomic E-state index is 0.119. The third-order valence-electron chi connectivity index (χ3n) is 5.20. The van der Waals surface area contributed by atoms with E-state index in [1.165, 1.54) is 18.6 Å². The van der Waals surface area contributed by atoms with Crippen molar-refractivity contribution in [2.75, 3.05) is 18.4 Å². The van der Waals surface area contributed by atoms with Gasteiger partial charge in [-0.1, -0.05) is 19.3 Å². The van der Waals surface area contributed by atoms with Gasteiger partial charge in [0.1, 0.15) is 5.69 Å². The van der Waals surface area contributed by atoms with Crippen LogP contribution in [0.2, 0.25) is 0 Å². The highest BCUT2D eigenvalue weighted by Gasteiger charge is 2.28. The molecule has 3 amide bonds. The SMILES string of the molecule is O=C(NC1CCCCC1)c1ccc(NCCN2C(=O)CCC2=O)c([N+](=O)[O-])c1. The number of rotatable bonds is 7. The molecule has 0 radical (unpaired) electrons. The maximum Gasteiger partial charge on any atom is 0.293 e. The summed E-state index contributed by atoms with van der Waals surface area (Å²) in [5.41, 5.74) is 0.279. The number of amides is 3. The van der Waals surface area contributed by atoms with E-state index in [0.29, 0.717) is 0 Å². The van der Waals surface area contributed by atoms with Crippen LogP contribution in [0.3, 0.4) is 0 Å². The van der Waals surface area contributed by atoms with E-state index in [2.05, 4.69) is 10.6 Å². The molecule has 1 saturated carbocycles. The van der Waals surface area contributed by atoms with E-state index in [1.807, 2.05) is 0 Å². The fourth-order valence-corrected chi connectivity index (χ4v) is 3.66. The summed E-state index contributed by atoms with van der Waals surface area (Å²) in [6.07, 6.45) is 5.62. The lowest BCUT2D eigenvalue weighted by atomic mass is 9.95.